The van der Waals surface area contributed by atoms with E-state index in [4.69, 9.17) is 22.1 Å². The molecule has 6 nitrogen and oxygen atoms in total. The number of nitrogens with zero attached hydrogens (tertiary/aromatic N) is 3. The number of quaternary nitrogens is 1. The van der Waals surface area contributed by atoms with Crippen LogP contribution in [0.25, 0.3) is 0 Å². The van der Waals surface area contributed by atoms with Crippen LogP contribution in [0, 0.1) is 4.77 Å². The van der Waals surface area contributed by atoms with Crippen LogP contribution < -0.4 is 4.90 Å². The van der Waals surface area contributed by atoms with Gasteiger partial charge in [-0.3, -0.25) is 4.79 Å². The highest BCUT2D eigenvalue weighted by Gasteiger charge is 2.25. The van der Waals surface area contributed by atoms with Crippen molar-refractivity contribution in [2.45, 2.75) is 78.0 Å². The van der Waals surface area contributed by atoms with E-state index in [2.05, 4.69) is 49.7 Å². The van der Waals surface area contributed by atoms with E-state index in [9.17, 15) is 4.79 Å². The van der Waals surface area contributed by atoms with Gasteiger partial charge in [-0.25, -0.2) is 0 Å². The zero-order chi connectivity index (χ0) is 21.7. The number of hydrogen-bond donors (Lipinski definition) is 1. The summed E-state index contributed by atoms with van der Waals surface area (Å²) >= 11 is 5.79. The van der Waals surface area contributed by atoms with Gasteiger partial charge in [0.05, 0.1) is 13.7 Å². The molecule has 1 aromatic carbocycles. The number of benzene rings is 1. The van der Waals surface area contributed by atoms with E-state index in [1.54, 1.807) is 0 Å². The Labute approximate surface area is 184 Å². The maximum absolute atomic E-state index is 12.1. The second kappa shape index (κ2) is 10.4. The van der Waals surface area contributed by atoms with Crippen molar-refractivity contribution in [1.82, 2.24) is 14.3 Å². The van der Waals surface area contributed by atoms with Crippen LogP contribution in [-0.4, -0.2) is 34.0 Å². The average Bonchev–Trinajstić information content (AvgIpc) is 3.31. The van der Waals surface area contributed by atoms with Crippen molar-refractivity contribution in [3.8, 4) is 0 Å². The van der Waals surface area contributed by atoms with Crippen molar-refractivity contribution in [1.29, 1.82) is 0 Å². The van der Waals surface area contributed by atoms with Gasteiger partial charge in [-0.1, -0.05) is 51.0 Å². The van der Waals surface area contributed by atoms with E-state index in [0.29, 0.717) is 25.2 Å². The topological polar surface area (TPSA) is 53.5 Å². The van der Waals surface area contributed by atoms with Crippen LogP contribution >= 0.6 is 12.2 Å². The van der Waals surface area contributed by atoms with Gasteiger partial charge < -0.3 is 14.2 Å². The number of hydrogen-bond acceptors (Lipinski definition) is 4. The molecule has 0 aliphatic heterocycles. The zero-order valence-corrected chi connectivity index (χ0v) is 19.5. The molecular formula is C23H35N4O2S+. The molecule has 1 atom stereocenters. The highest BCUT2D eigenvalue weighted by Crippen LogP contribution is 2.31. The number of esters is 1. The maximum Gasteiger partial charge on any atom is 0.313 e. The molecule has 7 heteroatoms. The van der Waals surface area contributed by atoms with E-state index in [0.717, 1.165) is 30.0 Å². The van der Waals surface area contributed by atoms with Crippen molar-refractivity contribution in [2.24, 2.45) is 0 Å². The predicted octanol–water partition coefficient (Wildman–Crippen LogP) is 3.43. The Morgan fingerprint density at radius 2 is 1.93 bits per heavy atom. The van der Waals surface area contributed by atoms with Gasteiger partial charge in [0.1, 0.15) is 18.8 Å². The number of aromatic nitrogens is 3. The molecule has 0 amide bonds. The third kappa shape index (κ3) is 5.58. The maximum atomic E-state index is 12.1. The largest absolute Gasteiger partial charge is 0.466 e. The van der Waals surface area contributed by atoms with Gasteiger partial charge in [0, 0.05) is 11.6 Å². The Balaban J connectivity index is 1.75. The highest BCUT2D eigenvalue weighted by molar-refractivity contribution is 7.71. The quantitative estimate of drug-likeness (QED) is 0.488. The first-order valence-corrected chi connectivity index (χ1v) is 11.5. The lowest BCUT2D eigenvalue weighted by molar-refractivity contribution is -0.917. The van der Waals surface area contributed by atoms with Gasteiger partial charge in [-0.2, -0.15) is 9.78 Å². The van der Waals surface area contributed by atoms with E-state index in [1.807, 2.05) is 11.6 Å². The molecule has 0 radical (unpaired) electrons. The van der Waals surface area contributed by atoms with E-state index >= 15 is 0 Å². The molecule has 1 fully saturated rings. The van der Waals surface area contributed by atoms with Crippen molar-refractivity contribution >= 4 is 18.2 Å². The molecule has 0 saturated heterocycles. The minimum absolute atomic E-state index is 0.177. The molecular weight excluding hydrogens is 396 g/mol. The molecule has 1 aromatic heterocycles. The fourth-order valence-electron chi connectivity index (χ4n) is 4.24. The molecule has 1 saturated carbocycles. The van der Waals surface area contributed by atoms with Crippen molar-refractivity contribution in [3.05, 3.63) is 46.0 Å². The van der Waals surface area contributed by atoms with Crippen LogP contribution in [0.5, 0.6) is 0 Å². The molecule has 1 heterocycles. The molecule has 0 bridgehead atoms. The van der Waals surface area contributed by atoms with E-state index < -0.39 is 0 Å². The molecule has 30 heavy (non-hydrogen) atoms. The Morgan fingerprint density at radius 3 is 2.53 bits per heavy atom. The third-order valence-electron chi connectivity index (χ3n) is 5.81. The Bertz CT molecular complexity index is 895. The monoisotopic (exact) mass is 431 g/mol. The van der Waals surface area contributed by atoms with Gasteiger partial charge >= 0.3 is 5.97 Å². The number of ether oxygens (including phenoxy) is 1. The summed E-state index contributed by atoms with van der Waals surface area (Å²) in [5, 5.41) is 4.75. The van der Waals surface area contributed by atoms with Gasteiger partial charge in [0.25, 0.3) is 0 Å². The Kier molecular flexibility index (Phi) is 7.83. The summed E-state index contributed by atoms with van der Waals surface area (Å²) in [6.07, 6.45) is 4.78. The normalized spacial score (nSPS) is 15.6. The first-order chi connectivity index (χ1) is 14.4. The van der Waals surface area contributed by atoms with Crippen LogP contribution in [0.2, 0.25) is 0 Å². The smallest absolute Gasteiger partial charge is 0.313 e. The lowest BCUT2D eigenvalue weighted by Gasteiger charge is -2.15. The van der Waals surface area contributed by atoms with Crippen molar-refractivity contribution in [3.63, 3.8) is 0 Å². The van der Waals surface area contributed by atoms with Crippen LogP contribution in [-0.2, 0) is 29.2 Å². The first-order valence-electron chi connectivity index (χ1n) is 11.1. The molecule has 1 aliphatic rings. The summed E-state index contributed by atoms with van der Waals surface area (Å²) in [4.78, 5) is 13.4. The molecule has 1 unspecified atom stereocenters. The number of rotatable bonds is 9. The molecule has 3 rings (SSSR count). The summed E-state index contributed by atoms with van der Waals surface area (Å²) in [6.45, 7) is 8.19. The second-order valence-corrected chi connectivity index (χ2v) is 9.04. The lowest BCUT2D eigenvalue weighted by atomic mass is 10.0. The highest BCUT2D eigenvalue weighted by atomic mass is 32.1. The molecule has 1 aliphatic carbocycles. The fourth-order valence-corrected chi connectivity index (χ4v) is 4.60. The summed E-state index contributed by atoms with van der Waals surface area (Å²) in [5.74, 6) is 1.04. The SMILES string of the molecule is CCOC(=O)Cc1nn(C[NH+](C)Cc2ccc(C(C)C)cc2)c(=S)n1C1CCCC1. The van der Waals surface area contributed by atoms with Gasteiger partial charge in [0.15, 0.2) is 6.67 Å². The Hall–Kier alpha value is -1.99. The molecule has 164 valence electrons. The second-order valence-electron chi connectivity index (χ2n) is 8.68. The standard InChI is InChI=1S/C23H34N4O2S/c1-5-29-22(28)14-21-24-26(23(30)27(21)20-8-6-7-9-20)16-25(4)15-18-10-12-19(13-11-18)17(2)3/h10-13,17,20H,5-9,14-16H2,1-4H3/p+1. The van der Waals surface area contributed by atoms with Crippen molar-refractivity contribution < 1.29 is 14.4 Å². The first kappa shape index (κ1) is 22.7. The van der Waals surface area contributed by atoms with Gasteiger partial charge in [-0.05, 0) is 43.5 Å². The zero-order valence-electron chi connectivity index (χ0n) is 18.7. The average molecular weight is 432 g/mol. The van der Waals surface area contributed by atoms with Crippen LogP contribution in [0.1, 0.15) is 75.4 Å². The van der Waals surface area contributed by atoms with Crippen molar-refractivity contribution in [2.75, 3.05) is 13.7 Å². The lowest BCUT2D eigenvalue weighted by Crippen LogP contribution is -3.07. The number of nitrogens with one attached hydrogen (secondary N) is 1. The minimum atomic E-state index is -0.241. The third-order valence-corrected chi connectivity index (χ3v) is 6.22. The van der Waals surface area contributed by atoms with Crippen LogP contribution in [0.3, 0.4) is 0 Å². The van der Waals surface area contributed by atoms with Gasteiger partial charge in [-0.15, -0.1) is 0 Å². The summed E-state index contributed by atoms with van der Waals surface area (Å²) in [5.41, 5.74) is 2.66. The minimum Gasteiger partial charge on any atom is -0.466 e. The summed E-state index contributed by atoms with van der Waals surface area (Å²) < 4.78 is 9.88. The fraction of sp³-hybridized carbons (Fsp3) is 0.609. The van der Waals surface area contributed by atoms with Crippen LogP contribution in [0.4, 0.5) is 0 Å². The van der Waals surface area contributed by atoms with E-state index in [-0.39, 0.29) is 12.4 Å². The molecule has 0 spiro atoms. The van der Waals surface area contributed by atoms with E-state index in [1.165, 1.54) is 28.9 Å². The summed E-state index contributed by atoms with van der Waals surface area (Å²) in [7, 11) is 2.15. The number of carbonyl (C=O) groups is 1. The Morgan fingerprint density at radius 1 is 1.27 bits per heavy atom. The van der Waals surface area contributed by atoms with Crippen LogP contribution in [0.15, 0.2) is 24.3 Å². The molecule has 1 N–H and O–H groups in total. The van der Waals surface area contributed by atoms with Gasteiger partial charge in [0.2, 0.25) is 4.77 Å². The predicted molar refractivity (Wildman–Crippen MR) is 120 cm³/mol. The number of carbonyl (C=O) groups excluding carboxylic acids is 1. The molecule has 2 aromatic rings. The summed E-state index contributed by atoms with van der Waals surface area (Å²) in [6, 6.07) is 9.19.